The highest BCUT2D eigenvalue weighted by Gasteiger charge is 2.15. The van der Waals surface area contributed by atoms with E-state index in [9.17, 15) is 8.42 Å². The quantitative estimate of drug-likeness (QED) is 0.912. The highest BCUT2D eigenvalue weighted by molar-refractivity contribution is 7.92. The maximum Gasteiger partial charge on any atom is 0.261 e. The Morgan fingerprint density at radius 3 is 2.55 bits per heavy atom. The van der Waals surface area contributed by atoms with Crippen LogP contribution in [0.2, 0.25) is 5.02 Å². The lowest BCUT2D eigenvalue weighted by Crippen LogP contribution is -2.13. The van der Waals surface area contributed by atoms with Gasteiger partial charge in [-0.15, -0.1) is 0 Å². The lowest BCUT2D eigenvalue weighted by Gasteiger charge is -2.10. The molecule has 0 saturated heterocycles. The molecule has 6 heteroatoms. The number of hydrogen-bond acceptors (Lipinski definition) is 3. The summed E-state index contributed by atoms with van der Waals surface area (Å²) in [4.78, 5) is 0.0567. The van der Waals surface area contributed by atoms with Crippen LogP contribution in [0.25, 0.3) is 0 Å². The molecule has 0 aromatic heterocycles. The number of aliphatic hydroxyl groups is 1. The van der Waals surface area contributed by atoms with Gasteiger partial charge in [0.1, 0.15) is 0 Å². The second-order valence-corrected chi connectivity index (χ2v) is 6.48. The van der Waals surface area contributed by atoms with E-state index in [4.69, 9.17) is 16.7 Å². The number of halogens is 1. The van der Waals surface area contributed by atoms with Gasteiger partial charge in [0.15, 0.2) is 0 Å². The predicted octanol–water partition coefficient (Wildman–Crippen LogP) is 2.94. The Hall–Kier alpha value is -1.56. The fraction of sp³-hybridized carbons (Fsp3) is 0.143. The topological polar surface area (TPSA) is 66.4 Å². The zero-order valence-electron chi connectivity index (χ0n) is 10.8. The summed E-state index contributed by atoms with van der Waals surface area (Å²) in [6, 6.07) is 11.3. The molecule has 0 aliphatic rings. The maximum absolute atomic E-state index is 12.2. The second-order valence-electron chi connectivity index (χ2n) is 4.39. The number of nitrogens with one attached hydrogen (secondary N) is 1. The van der Waals surface area contributed by atoms with Crippen LogP contribution in [0.5, 0.6) is 0 Å². The molecule has 0 bridgehead atoms. The average molecular weight is 312 g/mol. The van der Waals surface area contributed by atoms with Crippen LogP contribution < -0.4 is 4.72 Å². The first-order chi connectivity index (χ1) is 9.42. The molecule has 0 heterocycles. The SMILES string of the molecule is Cc1cccc(NS(=O)(=O)c2ccc(CO)c(Cl)c2)c1. The number of benzene rings is 2. The van der Waals surface area contributed by atoms with Gasteiger partial charge < -0.3 is 5.11 Å². The lowest BCUT2D eigenvalue weighted by molar-refractivity contribution is 0.282. The van der Waals surface area contributed by atoms with Crippen molar-refractivity contribution in [3.05, 3.63) is 58.6 Å². The summed E-state index contributed by atoms with van der Waals surface area (Å²) in [7, 11) is -3.69. The van der Waals surface area contributed by atoms with Crippen molar-refractivity contribution in [2.45, 2.75) is 18.4 Å². The third kappa shape index (κ3) is 3.30. The van der Waals surface area contributed by atoms with Gasteiger partial charge in [-0.25, -0.2) is 8.42 Å². The molecule has 2 rings (SSSR count). The molecule has 0 amide bonds. The van der Waals surface area contributed by atoms with Crippen LogP contribution in [-0.2, 0) is 16.6 Å². The van der Waals surface area contributed by atoms with Crippen molar-refractivity contribution in [3.63, 3.8) is 0 Å². The molecule has 2 aromatic carbocycles. The minimum Gasteiger partial charge on any atom is -0.392 e. The minimum absolute atomic E-state index is 0.0567. The predicted molar refractivity (Wildman–Crippen MR) is 79.4 cm³/mol. The Morgan fingerprint density at radius 2 is 1.95 bits per heavy atom. The smallest absolute Gasteiger partial charge is 0.261 e. The van der Waals surface area contributed by atoms with E-state index in [1.54, 1.807) is 18.2 Å². The van der Waals surface area contributed by atoms with E-state index in [2.05, 4.69) is 4.72 Å². The van der Waals surface area contributed by atoms with Gasteiger partial charge in [-0.3, -0.25) is 4.72 Å². The maximum atomic E-state index is 12.2. The molecule has 0 aliphatic carbocycles. The van der Waals surface area contributed by atoms with Crippen molar-refractivity contribution in [1.29, 1.82) is 0 Å². The van der Waals surface area contributed by atoms with E-state index >= 15 is 0 Å². The zero-order valence-corrected chi connectivity index (χ0v) is 12.4. The van der Waals surface area contributed by atoms with Gasteiger partial charge in [0, 0.05) is 10.7 Å². The minimum atomic E-state index is -3.69. The van der Waals surface area contributed by atoms with E-state index in [1.807, 2.05) is 13.0 Å². The van der Waals surface area contributed by atoms with Gasteiger partial charge in [-0.05, 0) is 42.3 Å². The first-order valence-electron chi connectivity index (χ1n) is 5.91. The third-order valence-electron chi connectivity index (χ3n) is 2.78. The summed E-state index contributed by atoms with van der Waals surface area (Å²) < 4.78 is 27.0. The van der Waals surface area contributed by atoms with Gasteiger partial charge in [0.25, 0.3) is 10.0 Å². The molecule has 4 nitrogen and oxygen atoms in total. The molecule has 2 N–H and O–H groups in total. The van der Waals surface area contributed by atoms with Gasteiger partial charge >= 0.3 is 0 Å². The highest BCUT2D eigenvalue weighted by Crippen LogP contribution is 2.23. The molecule has 20 heavy (non-hydrogen) atoms. The van der Waals surface area contributed by atoms with Crippen molar-refractivity contribution in [3.8, 4) is 0 Å². The van der Waals surface area contributed by atoms with Crippen LogP contribution in [0.3, 0.4) is 0 Å². The zero-order chi connectivity index (χ0) is 14.8. The van der Waals surface area contributed by atoms with Gasteiger partial charge in [-0.1, -0.05) is 29.8 Å². The number of sulfonamides is 1. The molecule has 0 spiro atoms. The molecule has 0 unspecified atom stereocenters. The largest absolute Gasteiger partial charge is 0.392 e. The summed E-state index contributed by atoms with van der Waals surface area (Å²) in [6.45, 7) is 1.65. The number of hydrogen-bond donors (Lipinski definition) is 2. The van der Waals surface area contributed by atoms with E-state index in [0.29, 0.717) is 11.3 Å². The standard InChI is InChI=1S/C14H14ClNO3S/c1-10-3-2-4-12(7-10)16-20(18,19)13-6-5-11(9-17)14(15)8-13/h2-8,16-17H,9H2,1H3. The molecule has 106 valence electrons. The van der Waals surface area contributed by atoms with Crippen LogP contribution >= 0.6 is 11.6 Å². The summed E-state index contributed by atoms with van der Waals surface area (Å²) in [5.74, 6) is 0. The number of aryl methyl sites for hydroxylation is 1. The van der Waals surface area contributed by atoms with Crippen molar-refractivity contribution in [2.24, 2.45) is 0 Å². The summed E-state index contributed by atoms with van der Waals surface area (Å²) in [5, 5.41) is 9.25. The summed E-state index contributed by atoms with van der Waals surface area (Å²) in [5.41, 5.74) is 1.94. The van der Waals surface area contributed by atoms with Crippen LogP contribution in [0.15, 0.2) is 47.4 Å². The Kier molecular flexibility index (Phi) is 4.32. The fourth-order valence-electron chi connectivity index (χ4n) is 1.75. The fourth-order valence-corrected chi connectivity index (χ4v) is 3.13. The van der Waals surface area contributed by atoms with Crippen LogP contribution in [0.4, 0.5) is 5.69 Å². The number of aliphatic hydroxyl groups excluding tert-OH is 1. The van der Waals surface area contributed by atoms with E-state index in [-0.39, 0.29) is 16.5 Å². The Balaban J connectivity index is 2.33. The van der Waals surface area contributed by atoms with E-state index < -0.39 is 10.0 Å². The Morgan fingerprint density at radius 1 is 1.20 bits per heavy atom. The lowest BCUT2D eigenvalue weighted by atomic mass is 10.2. The van der Waals surface area contributed by atoms with Crippen LogP contribution in [0, 0.1) is 6.92 Å². The van der Waals surface area contributed by atoms with Gasteiger partial charge in [0.05, 0.1) is 11.5 Å². The summed E-state index contributed by atoms with van der Waals surface area (Å²) >= 11 is 5.91. The first kappa shape index (κ1) is 14.8. The van der Waals surface area contributed by atoms with E-state index in [1.165, 1.54) is 18.2 Å². The molecule has 0 atom stereocenters. The molecule has 0 radical (unpaired) electrons. The third-order valence-corrected chi connectivity index (χ3v) is 4.51. The normalized spacial score (nSPS) is 11.3. The van der Waals surface area contributed by atoms with E-state index in [0.717, 1.165) is 5.56 Å². The van der Waals surface area contributed by atoms with Crippen LogP contribution in [-0.4, -0.2) is 13.5 Å². The monoisotopic (exact) mass is 311 g/mol. The Bertz CT molecular complexity index is 729. The average Bonchev–Trinajstić information content (AvgIpc) is 2.38. The number of rotatable bonds is 4. The van der Waals surface area contributed by atoms with Crippen LogP contribution in [0.1, 0.15) is 11.1 Å². The molecular weight excluding hydrogens is 298 g/mol. The molecule has 0 aliphatic heterocycles. The molecule has 0 fully saturated rings. The Labute approximate surface area is 123 Å². The number of anilines is 1. The van der Waals surface area contributed by atoms with Gasteiger partial charge in [-0.2, -0.15) is 0 Å². The summed E-state index contributed by atoms with van der Waals surface area (Å²) in [6.07, 6.45) is 0. The highest BCUT2D eigenvalue weighted by atomic mass is 35.5. The molecular formula is C14H14ClNO3S. The van der Waals surface area contributed by atoms with Gasteiger partial charge in [0.2, 0.25) is 0 Å². The van der Waals surface area contributed by atoms with Crippen molar-refractivity contribution in [1.82, 2.24) is 0 Å². The van der Waals surface area contributed by atoms with Crippen molar-refractivity contribution < 1.29 is 13.5 Å². The second kappa shape index (κ2) is 5.83. The van der Waals surface area contributed by atoms with Crippen molar-refractivity contribution >= 4 is 27.3 Å². The molecule has 0 saturated carbocycles. The first-order valence-corrected chi connectivity index (χ1v) is 7.77. The van der Waals surface area contributed by atoms with Crippen molar-refractivity contribution in [2.75, 3.05) is 4.72 Å². The molecule has 2 aromatic rings.